The number of anilines is 2. The van der Waals surface area contributed by atoms with Crippen LogP contribution in [0.1, 0.15) is 11.1 Å². The molecule has 4 rings (SSSR count). The molecule has 0 atom stereocenters. The van der Waals surface area contributed by atoms with Crippen LogP contribution in [0.2, 0.25) is 0 Å². The molecule has 4 aromatic rings. The van der Waals surface area contributed by atoms with Gasteiger partial charge in [-0.1, -0.05) is 24.3 Å². The molecule has 148 valence electrons. The van der Waals surface area contributed by atoms with Gasteiger partial charge in [0, 0.05) is 19.2 Å². The van der Waals surface area contributed by atoms with Crippen LogP contribution in [0.15, 0.2) is 52.1 Å². The predicted octanol–water partition coefficient (Wildman–Crippen LogP) is 0.856. The Kier molecular flexibility index (Phi) is 5.03. The van der Waals surface area contributed by atoms with E-state index >= 15 is 0 Å². The second-order valence-corrected chi connectivity index (χ2v) is 6.12. The number of benzene rings is 1. The van der Waals surface area contributed by atoms with E-state index in [4.69, 9.17) is 16.0 Å². The molecule has 0 spiro atoms. The van der Waals surface area contributed by atoms with Gasteiger partial charge in [0.25, 0.3) is 5.78 Å². The topological polar surface area (TPSA) is 158 Å². The Morgan fingerprint density at radius 2 is 2.00 bits per heavy atom. The summed E-state index contributed by atoms with van der Waals surface area (Å²) >= 11 is 0. The molecule has 0 aliphatic heterocycles. The number of hydrazine groups is 1. The average molecular weight is 392 g/mol. The van der Waals surface area contributed by atoms with E-state index < -0.39 is 0 Å². The molecule has 0 aliphatic carbocycles. The zero-order valence-corrected chi connectivity index (χ0v) is 15.7. The third-order valence-corrected chi connectivity index (χ3v) is 4.26. The number of fused-ring (bicyclic) bond motifs is 1. The summed E-state index contributed by atoms with van der Waals surface area (Å²) in [4.78, 5) is 17.0. The molecule has 0 unspecified atom stereocenters. The van der Waals surface area contributed by atoms with E-state index in [1.807, 2.05) is 24.3 Å². The number of nitrogens with zero attached hydrogens (tertiary/aromatic N) is 6. The summed E-state index contributed by atoms with van der Waals surface area (Å²) in [5.74, 6) is 7.93. The van der Waals surface area contributed by atoms with Crippen LogP contribution >= 0.6 is 0 Å². The number of rotatable bonds is 6. The fourth-order valence-electron chi connectivity index (χ4n) is 2.82. The maximum absolute atomic E-state index is 5.99. The minimum absolute atomic E-state index is 0.188. The van der Waals surface area contributed by atoms with Crippen molar-refractivity contribution in [3.8, 4) is 11.6 Å². The first-order chi connectivity index (χ1) is 14.2. The lowest BCUT2D eigenvalue weighted by molar-refractivity contribution is 0.577. The summed E-state index contributed by atoms with van der Waals surface area (Å²) < 4.78 is 6.68. The van der Waals surface area contributed by atoms with Gasteiger partial charge in [0.15, 0.2) is 5.76 Å². The lowest BCUT2D eigenvalue weighted by Gasteiger charge is -2.08. The largest absolute Gasteiger partial charge is 0.461 e. The quantitative estimate of drug-likeness (QED) is 0.162. The second-order valence-electron chi connectivity index (χ2n) is 6.12. The van der Waals surface area contributed by atoms with Gasteiger partial charge in [-0.25, -0.2) is 5.84 Å². The van der Waals surface area contributed by atoms with E-state index in [1.54, 1.807) is 25.4 Å². The minimum atomic E-state index is 0.188. The molecule has 0 saturated heterocycles. The highest BCUT2D eigenvalue weighted by Gasteiger charge is 2.13. The summed E-state index contributed by atoms with van der Waals surface area (Å²) in [6, 6.07) is 11.5. The number of furan rings is 1. The molecule has 3 heterocycles. The van der Waals surface area contributed by atoms with Gasteiger partial charge in [-0.05, 0) is 24.1 Å². The molecular weight excluding hydrogens is 372 g/mol. The number of amidine groups is 1. The molecule has 0 amide bonds. The van der Waals surface area contributed by atoms with Crippen molar-refractivity contribution in [1.29, 1.82) is 0 Å². The van der Waals surface area contributed by atoms with Crippen LogP contribution in [0, 0.1) is 0 Å². The minimum Gasteiger partial charge on any atom is -0.461 e. The Hall–Kier alpha value is -3.99. The molecule has 11 nitrogen and oxygen atoms in total. The highest BCUT2D eigenvalue weighted by Crippen LogP contribution is 2.17. The maximum Gasteiger partial charge on any atom is 0.259 e. The van der Waals surface area contributed by atoms with Crippen LogP contribution in [0.25, 0.3) is 17.4 Å². The maximum atomic E-state index is 5.99. The smallest absolute Gasteiger partial charge is 0.259 e. The van der Waals surface area contributed by atoms with Crippen LogP contribution in [0.5, 0.6) is 0 Å². The predicted molar refractivity (Wildman–Crippen MR) is 109 cm³/mol. The third kappa shape index (κ3) is 3.84. The van der Waals surface area contributed by atoms with Gasteiger partial charge in [-0.3, -0.25) is 4.99 Å². The van der Waals surface area contributed by atoms with Crippen LogP contribution < -0.4 is 22.3 Å². The Morgan fingerprint density at radius 1 is 1.17 bits per heavy atom. The first-order valence-corrected chi connectivity index (χ1v) is 8.88. The summed E-state index contributed by atoms with van der Waals surface area (Å²) in [5, 5.41) is 7.44. The first kappa shape index (κ1) is 18.4. The number of nitrogen functional groups attached to an aromatic ring is 1. The van der Waals surface area contributed by atoms with Crippen LogP contribution in [-0.4, -0.2) is 44.0 Å². The molecule has 6 N–H and O–H groups in total. The van der Waals surface area contributed by atoms with Crippen molar-refractivity contribution in [2.24, 2.45) is 10.8 Å². The average Bonchev–Trinajstić information content (AvgIpc) is 3.40. The summed E-state index contributed by atoms with van der Waals surface area (Å²) in [7, 11) is 1.68. The number of aromatic nitrogens is 5. The normalized spacial score (nSPS) is 11.7. The standard InChI is InChI=1S/C18H20N10O/c1-21-14(26-20)12-6-4-11(5-7-12)8-9-22-17-24-16(19)28-18(25-17)23-15(27-28)13-3-2-10-29-13/h2-7,10H,8-9,20H2,1H3,(H,21,26)(H3,19,22,23,24,25,27). The van der Waals surface area contributed by atoms with Crippen molar-refractivity contribution in [2.45, 2.75) is 6.42 Å². The fraction of sp³-hybridized carbons (Fsp3) is 0.167. The van der Waals surface area contributed by atoms with Crippen LogP contribution in [0.4, 0.5) is 11.9 Å². The van der Waals surface area contributed by atoms with Gasteiger partial charge in [-0.15, -0.1) is 5.10 Å². The third-order valence-electron chi connectivity index (χ3n) is 4.26. The van der Waals surface area contributed by atoms with Gasteiger partial charge < -0.3 is 20.9 Å². The van der Waals surface area contributed by atoms with E-state index in [-0.39, 0.29) is 5.95 Å². The number of nitrogens with two attached hydrogens (primary N) is 2. The van der Waals surface area contributed by atoms with Gasteiger partial charge in [0.2, 0.25) is 17.7 Å². The van der Waals surface area contributed by atoms with Crippen molar-refractivity contribution >= 4 is 23.5 Å². The summed E-state index contributed by atoms with van der Waals surface area (Å²) in [6.07, 6.45) is 2.33. The molecule has 0 fully saturated rings. The lowest BCUT2D eigenvalue weighted by atomic mass is 10.1. The molecule has 29 heavy (non-hydrogen) atoms. The molecule has 1 aromatic carbocycles. The van der Waals surface area contributed by atoms with Crippen molar-refractivity contribution in [2.75, 3.05) is 24.6 Å². The summed E-state index contributed by atoms with van der Waals surface area (Å²) in [6.45, 7) is 0.623. The first-order valence-electron chi connectivity index (χ1n) is 8.88. The van der Waals surface area contributed by atoms with Crippen LogP contribution in [0.3, 0.4) is 0 Å². The van der Waals surface area contributed by atoms with Crippen molar-refractivity contribution < 1.29 is 4.42 Å². The lowest BCUT2D eigenvalue weighted by Crippen LogP contribution is -2.30. The number of hydrogen-bond acceptors (Lipinski definition) is 9. The Labute approximate surface area is 165 Å². The number of hydrogen-bond donors (Lipinski definition) is 4. The number of nitrogens with one attached hydrogen (secondary N) is 2. The molecule has 0 bridgehead atoms. The van der Waals surface area contributed by atoms with E-state index in [0.29, 0.717) is 35.7 Å². The van der Waals surface area contributed by atoms with Gasteiger partial charge in [0.1, 0.15) is 5.84 Å². The zero-order chi connectivity index (χ0) is 20.2. The van der Waals surface area contributed by atoms with Crippen molar-refractivity contribution in [3.63, 3.8) is 0 Å². The number of aliphatic imine (C=N–C) groups is 1. The monoisotopic (exact) mass is 392 g/mol. The molecular formula is C18H20N10O. The summed E-state index contributed by atoms with van der Waals surface area (Å²) in [5.41, 5.74) is 10.6. The Bertz CT molecular complexity index is 1130. The van der Waals surface area contributed by atoms with E-state index in [2.05, 4.69) is 35.8 Å². The highest BCUT2D eigenvalue weighted by atomic mass is 16.3. The van der Waals surface area contributed by atoms with Gasteiger partial charge in [0.05, 0.1) is 6.26 Å². The van der Waals surface area contributed by atoms with E-state index in [0.717, 1.165) is 17.5 Å². The van der Waals surface area contributed by atoms with E-state index in [1.165, 1.54) is 4.52 Å². The Balaban J connectivity index is 1.43. The highest BCUT2D eigenvalue weighted by molar-refractivity contribution is 5.98. The van der Waals surface area contributed by atoms with Gasteiger partial charge >= 0.3 is 0 Å². The SMILES string of the molecule is CN=C(NN)c1ccc(CCNc2nc(N)n3nc(-c4ccco4)nc3n2)cc1. The van der Waals surface area contributed by atoms with E-state index in [9.17, 15) is 0 Å². The fourth-order valence-corrected chi connectivity index (χ4v) is 2.82. The Morgan fingerprint density at radius 3 is 2.69 bits per heavy atom. The molecule has 0 saturated carbocycles. The second kappa shape index (κ2) is 7.94. The van der Waals surface area contributed by atoms with Crippen LogP contribution in [-0.2, 0) is 6.42 Å². The molecule has 11 heteroatoms. The van der Waals surface area contributed by atoms with Crippen molar-refractivity contribution in [3.05, 3.63) is 53.8 Å². The molecule has 0 radical (unpaired) electrons. The molecule has 0 aliphatic rings. The zero-order valence-electron chi connectivity index (χ0n) is 15.7. The van der Waals surface area contributed by atoms with Crippen molar-refractivity contribution in [1.82, 2.24) is 30.0 Å². The van der Waals surface area contributed by atoms with Gasteiger partial charge in [-0.2, -0.15) is 19.5 Å². The molecule has 3 aromatic heterocycles.